The van der Waals surface area contributed by atoms with Gasteiger partial charge in [0, 0.05) is 31.9 Å². The van der Waals surface area contributed by atoms with Crippen molar-refractivity contribution < 1.29 is 19.1 Å². The molecule has 0 saturated carbocycles. The molecule has 7 heteroatoms. The van der Waals surface area contributed by atoms with Crippen LogP contribution in [-0.2, 0) is 27.3 Å². The van der Waals surface area contributed by atoms with Crippen LogP contribution in [0.3, 0.4) is 0 Å². The summed E-state index contributed by atoms with van der Waals surface area (Å²) in [6.45, 7) is 8.84. The van der Waals surface area contributed by atoms with Gasteiger partial charge in [-0.3, -0.25) is 19.1 Å². The largest absolute Gasteiger partial charge is 0.376 e. The Morgan fingerprint density at radius 1 is 1.11 bits per heavy atom. The fourth-order valence-electron chi connectivity index (χ4n) is 5.71. The topological polar surface area (TPSA) is 81.5 Å². The Morgan fingerprint density at radius 3 is 2.53 bits per heavy atom. The highest BCUT2D eigenvalue weighted by Crippen LogP contribution is 2.31. The first-order valence-corrected chi connectivity index (χ1v) is 13.8. The van der Waals surface area contributed by atoms with Crippen LogP contribution >= 0.6 is 0 Å². The fourth-order valence-corrected chi connectivity index (χ4v) is 5.71. The van der Waals surface area contributed by atoms with Gasteiger partial charge in [0.1, 0.15) is 18.3 Å². The van der Waals surface area contributed by atoms with E-state index in [1.165, 1.54) is 25.3 Å². The SMILES string of the molecule is CCC(=O)[C@@H]1[C@H]2CCN1C(=O)Cn1nc(C(C)=O)c3cc(C(C)C)cc(c31)CCCCCCCCO2. The number of aryl methyl sites for hydroxylation is 1. The Labute approximate surface area is 214 Å². The molecule has 2 aromatic rings. The number of Topliss-reactive ketones (excluding diaryl/α,β-unsaturated/α-hetero) is 2. The number of ether oxygens (including phenoxy) is 1. The molecule has 196 valence electrons. The quantitative estimate of drug-likeness (QED) is 0.543. The van der Waals surface area contributed by atoms with Crippen molar-refractivity contribution in [2.75, 3.05) is 13.2 Å². The van der Waals surface area contributed by atoms with Gasteiger partial charge in [0.05, 0.1) is 11.6 Å². The smallest absolute Gasteiger partial charge is 0.245 e. The monoisotopic (exact) mass is 495 g/mol. The van der Waals surface area contributed by atoms with Gasteiger partial charge in [-0.05, 0) is 48.8 Å². The number of ketones is 2. The van der Waals surface area contributed by atoms with Crippen molar-refractivity contribution in [2.45, 2.75) is 110 Å². The van der Waals surface area contributed by atoms with E-state index in [2.05, 4.69) is 31.1 Å². The summed E-state index contributed by atoms with van der Waals surface area (Å²) in [6, 6.07) is 3.76. The summed E-state index contributed by atoms with van der Waals surface area (Å²) in [5, 5.41) is 5.50. The molecule has 2 aliphatic heterocycles. The highest BCUT2D eigenvalue weighted by molar-refractivity contribution is 6.06. The van der Waals surface area contributed by atoms with Gasteiger partial charge in [0.15, 0.2) is 11.6 Å². The number of benzene rings is 1. The molecule has 1 saturated heterocycles. The molecule has 36 heavy (non-hydrogen) atoms. The van der Waals surface area contributed by atoms with Gasteiger partial charge >= 0.3 is 0 Å². The Kier molecular flexibility index (Phi) is 8.60. The molecule has 0 aliphatic carbocycles. The average molecular weight is 496 g/mol. The number of carbonyl (C=O) groups excluding carboxylic acids is 3. The lowest BCUT2D eigenvalue weighted by molar-refractivity contribution is -0.141. The summed E-state index contributed by atoms with van der Waals surface area (Å²) in [7, 11) is 0. The molecule has 4 rings (SSSR count). The molecule has 2 bridgehead atoms. The lowest BCUT2D eigenvalue weighted by atomic mass is 9.94. The summed E-state index contributed by atoms with van der Waals surface area (Å²) in [4.78, 5) is 40.8. The van der Waals surface area contributed by atoms with Crippen molar-refractivity contribution >= 4 is 28.4 Å². The Balaban J connectivity index is 1.78. The van der Waals surface area contributed by atoms with Crippen molar-refractivity contribution in [3.63, 3.8) is 0 Å². The van der Waals surface area contributed by atoms with Gasteiger partial charge in [-0.2, -0.15) is 5.10 Å². The molecule has 0 spiro atoms. The number of hydrogen-bond acceptors (Lipinski definition) is 5. The highest BCUT2D eigenvalue weighted by atomic mass is 16.5. The molecule has 0 N–H and O–H groups in total. The lowest BCUT2D eigenvalue weighted by Crippen LogP contribution is -2.47. The number of amides is 1. The zero-order valence-electron chi connectivity index (χ0n) is 22.3. The van der Waals surface area contributed by atoms with E-state index in [1.807, 2.05) is 6.92 Å². The third-order valence-electron chi connectivity index (χ3n) is 7.74. The predicted molar refractivity (Wildman–Crippen MR) is 140 cm³/mol. The molecule has 1 aromatic carbocycles. The van der Waals surface area contributed by atoms with E-state index in [9.17, 15) is 14.4 Å². The Bertz CT molecular complexity index is 1120. The first-order chi connectivity index (χ1) is 17.3. The average Bonchev–Trinajstić information content (AvgIpc) is 3.43. The molecule has 0 radical (unpaired) electrons. The minimum atomic E-state index is -0.542. The first kappa shape index (κ1) is 26.5. The zero-order chi connectivity index (χ0) is 25.8. The predicted octanol–water partition coefficient (Wildman–Crippen LogP) is 5.22. The zero-order valence-corrected chi connectivity index (χ0v) is 22.3. The van der Waals surface area contributed by atoms with Crippen LogP contribution in [0.15, 0.2) is 12.1 Å². The summed E-state index contributed by atoms with van der Waals surface area (Å²) in [5.41, 5.74) is 3.63. The van der Waals surface area contributed by atoms with E-state index >= 15 is 0 Å². The van der Waals surface area contributed by atoms with Crippen LogP contribution in [0.25, 0.3) is 10.9 Å². The number of aromatic nitrogens is 2. The minimum Gasteiger partial charge on any atom is -0.376 e. The summed E-state index contributed by atoms with van der Waals surface area (Å²) in [6.07, 6.45) is 8.33. The highest BCUT2D eigenvalue weighted by Gasteiger charge is 2.41. The second-order valence-electron chi connectivity index (χ2n) is 10.7. The van der Waals surface area contributed by atoms with Crippen molar-refractivity contribution in [1.82, 2.24) is 14.7 Å². The number of carbonyl (C=O) groups is 3. The maximum atomic E-state index is 13.6. The summed E-state index contributed by atoms with van der Waals surface area (Å²) >= 11 is 0. The molecule has 1 amide bonds. The van der Waals surface area contributed by atoms with Crippen LogP contribution in [0.2, 0.25) is 0 Å². The second-order valence-corrected chi connectivity index (χ2v) is 10.7. The van der Waals surface area contributed by atoms with Crippen molar-refractivity contribution in [2.24, 2.45) is 0 Å². The van der Waals surface area contributed by atoms with Crippen molar-refractivity contribution in [1.29, 1.82) is 0 Å². The number of rotatable bonds is 4. The van der Waals surface area contributed by atoms with Gasteiger partial charge in [-0.1, -0.05) is 52.5 Å². The minimum absolute atomic E-state index is 0.0119. The third-order valence-corrected chi connectivity index (χ3v) is 7.74. The standard InChI is InChI=1S/C29H41N3O4/c1-5-24(34)29-25-13-14-31(29)26(35)18-32-28-21(12-10-8-6-7-9-11-15-36-25)16-22(19(2)3)17-23(28)27(30-32)20(4)33/h16-17,19,25,29H,5-15,18H2,1-4H3/t25-,29-/m1/s1. The van der Waals surface area contributed by atoms with Gasteiger partial charge in [-0.15, -0.1) is 0 Å². The summed E-state index contributed by atoms with van der Waals surface area (Å²) in [5.74, 6) is 0.118. The maximum absolute atomic E-state index is 13.6. The fraction of sp³-hybridized carbons (Fsp3) is 0.655. The molecule has 1 fully saturated rings. The van der Waals surface area contributed by atoms with E-state index in [0.29, 0.717) is 37.6 Å². The first-order valence-electron chi connectivity index (χ1n) is 13.8. The maximum Gasteiger partial charge on any atom is 0.245 e. The molecule has 2 aliphatic rings. The Morgan fingerprint density at radius 2 is 1.83 bits per heavy atom. The number of fused-ring (bicyclic) bond motifs is 2. The lowest BCUT2D eigenvalue weighted by Gasteiger charge is -2.27. The van der Waals surface area contributed by atoms with Crippen LogP contribution in [0.5, 0.6) is 0 Å². The van der Waals surface area contributed by atoms with Crippen LogP contribution in [0, 0.1) is 0 Å². The molecule has 7 nitrogen and oxygen atoms in total. The van der Waals surface area contributed by atoms with Gasteiger partial charge in [0.25, 0.3) is 0 Å². The number of nitrogens with zero attached hydrogens (tertiary/aromatic N) is 3. The molecule has 0 unspecified atom stereocenters. The third kappa shape index (κ3) is 5.56. The molecular formula is C29H41N3O4. The molecule has 3 heterocycles. The second kappa shape index (κ2) is 11.7. The van der Waals surface area contributed by atoms with Gasteiger partial charge < -0.3 is 9.64 Å². The van der Waals surface area contributed by atoms with E-state index in [-0.39, 0.29) is 30.1 Å². The van der Waals surface area contributed by atoms with Crippen LogP contribution in [0.1, 0.15) is 107 Å². The van der Waals surface area contributed by atoms with E-state index < -0.39 is 6.04 Å². The molecule has 2 atom stereocenters. The van der Waals surface area contributed by atoms with E-state index in [4.69, 9.17) is 4.74 Å². The Hall–Kier alpha value is -2.54. The van der Waals surface area contributed by atoms with E-state index in [1.54, 1.807) is 9.58 Å². The van der Waals surface area contributed by atoms with Gasteiger partial charge in [0.2, 0.25) is 5.91 Å². The molecule has 1 aromatic heterocycles. The van der Waals surface area contributed by atoms with Crippen molar-refractivity contribution in [3.05, 3.63) is 29.0 Å². The normalized spacial score (nSPS) is 22.2. The van der Waals surface area contributed by atoms with Crippen LogP contribution in [-0.4, -0.2) is 57.5 Å². The molecular weight excluding hydrogens is 454 g/mol. The van der Waals surface area contributed by atoms with Crippen molar-refractivity contribution in [3.8, 4) is 0 Å². The van der Waals surface area contributed by atoms with Gasteiger partial charge in [-0.25, -0.2) is 0 Å². The summed E-state index contributed by atoms with van der Waals surface area (Å²) < 4.78 is 7.86. The van der Waals surface area contributed by atoms with E-state index in [0.717, 1.165) is 48.6 Å². The van der Waals surface area contributed by atoms with Crippen LogP contribution in [0.4, 0.5) is 0 Å². The van der Waals surface area contributed by atoms with Crippen LogP contribution < -0.4 is 0 Å². The number of hydrogen-bond donors (Lipinski definition) is 0.